The third kappa shape index (κ3) is 3.63. The molecule has 0 saturated carbocycles. The number of aliphatic imine (C=N–C) groups is 1. The Kier molecular flexibility index (Phi) is 4.70. The second-order valence-corrected chi connectivity index (χ2v) is 2.93. The van der Waals surface area contributed by atoms with Crippen molar-refractivity contribution >= 4 is 34.6 Å². The molecule has 0 spiro atoms. The van der Waals surface area contributed by atoms with Crippen LogP contribution in [0.2, 0.25) is 0 Å². The van der Waals surface area contributed by atoms with Gasteiger partial charge in [-0.3, -0.25) is 0 Å². The number of pyridine rings is 1. The zero-order valence-electron chi connectivity index (χ0n) is 8.36. The third-order valence-corrected chi connectivity index (χ3v) is 1.78. The zero-order chi connectivity index (χ0) is 11.1. The molecule has 3 N–H and O–H groups in total. The first-order chi connectivity index (χ1) is 7.27. The molecule has 0 unspecified atom stereocenters. The molecule has 0 atom stereocenters. The van der Waals surface area contributed by atoms with Crippen LogP contribution in [-0.4, -0.2) is 30.4 Å². The summed E-state index contributed by atoms with van der Waals surface area (Å²) in [5.41, 5.74) is 6.95. The molecule has 0 saturated heterocycles. The molecule has 5 nitrogen and oxygen atoms in total. The number of nitrogen functional groups attached to an aromatic ring is 1. The monoisotopic (exact) mass is 224 g/mol. The van der Waals surface area contributed by atoms with Crippen LogP contribution in [0.5, 0.6) is 0 Å². The molecule has 1 rings (SSSR count). The molecular weight excluding hydrogens is 212 g/mol. The molecule has 0 aromatic carbocycles. The first-order valence-electron chi connectivity index (χ1n) is 4.34. The SMILES string of the molecule is COCCNc1cc(N)ncc1N=C=S. The highest BCUT2D eigenvalue weighted by Gasteiger charge is 2.01. The van der Waals surface area contributed by atoms with E-state index in [1.54, 1.807) is 19.4 Å². The van der Waals surface area contributed by atoms with Gasteiger partial charge in [0.05, 0.1) is 23.7 Å². The molecule has 0 amide bonds. The minimum atomic E-state index is 0.429. The zero-order valence-corrected chi connectivity index (χ0v) is 9.17. The van der Waals surface area contributed by atoms with Crippen LogP contribution in [-0.2, 0) is 4.74 Å². The average Bonchev–Trinajstić information content (AvgIpc) is 2.22. The van der Waals surface area contributed by atoms with E-state index in [9.17, 15) is 0 Å². The normalized spacial score (nSPS) is 9.40. The number of nitrogens with zero attached hydrogens (tertiary/aromatic N) is 2. The number of rotatable bonds is 5. The lowest BCUT2D eigenvalue weighted by molar-refractivity contribution is 0.211. The Labute approximate surface area is 93.4 Å². The Morgan fingerprint density at radius 1 is 1.73 bits per heavy atom. The molecule has 0 bridgehead atoms. The van der Waals surface area contributed by atoms with Gasteiger partial charge in [0.1, 0.15) is 11.5 Å². The van der Waals surface area contributed by atoms with Crippen molar-refractivity contribution in [3.63, 3.8) is 0 Å². The number of thiocarbonyl (C=S) groups is 1. The van der Waals surface area contributed by atoms with E-state index in [1.165, 1.54) is 0 Å². The van der Waals surface area contributed by atoms with Crippen LogP contribution in [0.3, 0.4) is 0 Å². The van der Waals surface area contributed by atoms with E-state index in [0.717, 1.165) is 5.69 Å². The highest BCUT2D eigenvalue weighted by molar-refractivity contribution is 7.78. The van der Waals surface area contributed by atoms with Gasteiger partial charge in [-0.25, -0.2) is 4.98 Å². The summed E-state index contributed by atoms with van der Waals surface area (Å²) in [5.74, 6) is 0.429. The van der Waals surface area contributed by atoms with Gasteiger partial charge in [-0.15, -0.1) is 0 Å². The predicted octanol–water partition coefficient (Wildman–Crippen LogP) is 1.46. The van der Waals surface area contributed by atoms with Crippen molar-refractivity contribution in [2.75, 3.05) is 31.3 Å². The van der Waals surface area contributed by atoms with Gasteiger partial charge in [0, 0.05) is 19.7 Å². The van der Waals surface area contributed by atoms with Crippen molar-refractivity contribution in [2.24, 2.45) is 4.99 Å². The van der Waals surface area contributed by atoms with Crippen molar-refractivity contribution < 1.29 is 4.74 Å². The Morgan fingerprint density at radius 3 is 3.20 bits per heavy atom. The topological polar surface area (TPSA) is 72.5 Å². The molecule has 0 aliphatic heterocycles. The number of anilines is 2. The minimum absolute atomic E-state index is 0.429. The molecule has 0 aliphatic carbocycles. The highest BCUT2D eigenvalue weighted by Crippen LogP contribution is 2.24. The fourth-order valence-corrected chi connectivity index (χ4v) is 1.13. The van der Waals surface area contributed by atoms with Gasteiger partial charge in [-0.2, -0.15) is 4.99 Å². The van der Waals surface area contributed by atoms with E-state index >= 15 is 0 Å². The van der Waals surface area contributed by atoms with Crippen molar-refractivity contribution in [1.82, 2.24) is 4.98 Å². The molecule has 1 aromatic rings. The number of nitrogens with one attached hydrogen (secondary N) is 1. The summed E-state index contributed by atoms with van der Waals surface area (Å²) < 4.78 is 4.92. The number of hydrogen-bond donors (Lipinski definition) is 2. The number of hydrogen-bond acceptors (Lipinski definition) is 6. The molecule has 0 radical (unpaired) electrons. The van der Waals surface area contributed by atoms with Crippen LogP contribution in [0.15, 0.2) is 17.3 Å². The van der Waals surface area contributed by atoms with Gasteiger partial charge in [0.2, 0.25) is 0 Å². The lowest BCUT2D eigenvalue weighted by atomic mass is 10.3. The maximum Gasteiger partial charge on any atom is 0.125 e. The summed E-state index contributed by atoms with van der Waals surface area (Å²) in [6.07, 6.45) is 1.55. The molecule has 80 valence electrons. The summed E-state index contributed by atoms with van der Waals surface area (Å²) in [6.45, 7) is 1.27. The minimum Gasteiger partial charge on any atom is -0.384 e. The van der Waals surface area contributed by atoms with Crippen LogP contribution >= 0.6 is 12.2 Å². The summed E-state index contributed by atoms with van der Waals surface area (Å²) in [7, 11) is 1.64. The average molecular weight is 224 g/mol. The van der Waals surface area contributed by atoms with E-state index in [4.69, 9.17) is 10.5 Å². The van der Waals surface area contributed by atoms with E-state index in [0.29, 0.717) is 24.7 Å². The molecule has 6 heteroatoms. The van der Waals surface area contributed by atoms with E-state index in [1.807, 2.05) is 0 Å². The van der Waals surface area contributed by atoms with Gasteiger partial charge in [0.15, 0.2) is 0 Å². The smallest absolute Gasteiger partial charge is 0.125 e. The molecule has 15 heavy (non-hydrogen) atoms. The second kappa shape index (κ2) is 6.08. The summed E-state index contributed by atoms with van der Waals surface area (Å²) in [5, 5.41) is 5.41. The summed E-state index contributed by atoms with van der Waals surface area (Å²) >= 11 is 4.53. The van der Waals surface area contributed by atoms with Gasteiger partial charge in [-0.1, -0.05) is 0 Å². The number of methoxy groups -OCH3 is 1. The molecule has 0 aliphatic rings. The van der Waals surface area contributed by atoms with Crippen molar-refractivity contribution in [3.8, 4) is 0 Å². The fraction of sp³-hybridized carbons (Fsp3) is 0.333. The lowest BCUT2D eigenvalue weighted by Crippen LogP contribution is -2.08. The molecule has 1 heterocycles. The van der Waals surface area contributed by atoms with Gasteiger partial charge in [0.25, 0.3) is 0 Å². The number of nitrogens with two attached hydrogens (primary N) is 1. The number of ether oxygens (including phenoxy) is 1. The van der Waals surface area contributed by atoms with Crippen LogP contribution in [0, 0.1) is 0 Å². The number of aromatic nitrogens is 1. The van der Waals surface area contributed by atoms with E-state index in [2.05, 4.69) is 32.7 Å². The van der Waals surface area contributed by atoms with Crippen molar-refractivity contribution in [2.45, 2.75) is 0 Å². The van der Waals surface area contributed by atoms with Crippen molar-refractivity contribution in [1.29, 1.82) is 0 Å². The first kappa shape index (κ1) is 11.6. The lowest BCUT2D eigenvalue weighted by Gasteiger charge is -2.08. The fourth-order valence-electron chi connectivity index (χ4n) is 1.03. The van der Waals surface area contributed by atoms with Crippen LogP contribution < -0.4 is 11.1 Å². The van der Waals surface area contributed by atoms with E-state index in [-0.39, 0.29) is 0 Å². The third-order valence-electron chi connectivity index (χ3n) is 1.69. The van der Waals surface area contributed by atoms with Crippen LogP contribution in [0.4, 0.5) is 17.2 Å². The molecule has 0 fully saturated rings. The quantitative estimate of drug-likeness (QED) is 0.450. The maximum absolute atomic E-state index is 5.56. The van der Waals surface area contributed by atoms with Crippen LogP contribution in [0.1, 0.15) is 0 Å². The van der Waals surface area contributed by atoms with Gasteiger partial charge < -0.3 is 15.8 Å². The predicted molar refractivity (Wildman–Crippen MR) is 63.7 cm³/mol. The standard InChI is InChI=1S/C9H12N4OS/c1-14-3-2-11-7-4-9(10)12-5-8(7)13-6-15/h4-5H,2-3H2,1H3,(H3,10,11,12). The number of isothiocyanates is 1. The summed E-state index contributed by atoms with van der Waals surface area (Å²) in [4.78, 5) is 7.78. The Morgan fingerprint density at radius 2 is 2.53 bits per heavy atom. The van der Waals surface area contributed by atoms with Crippen molar-refractivity contribution in [3.05, 3.63) is 12.3 Å². The van der Waals surface area contributed by atoms with Gasteiger partial charge >= 0.3 is 0 Å². The largest absolute Gasteiger partial charge is 0.384 e. The maximum atomic E-state index is 5.56. The highest BCUT2D eigenvalue weighted by atomic mass is 32.1. The van der Waals surface area contributed by atoms with Gasteiger partial charge in [-0.05, 0) is 12.2 Å². The Balaban J connectivity index is 2.82. The Hall–Kier alpha value is -1.49. The first-order valence-corrected chi connectivity index (χ1v) is 4.75. The Bertz CT molecular complexity index is 376. The van der Waals surface area contributed by atoms with E-state index < -0.39 is 0 Å². The summed E-state index contributed by atoms with van der Waals surface area (Å²) in [6, 6.07) is 1.70. The van der Waals surface area contributed by atoms with Crippen LogP contribution in [0.25, 0.3) is 0 Å². The molecule has 1 aromatic heterocycles. The second-order valence-electron chi connectivity index (χ2n) is 2.75. The molecular formula is C9H12N4OS.